The van der Waals surface area contributed by atoms with E-state index in [0.29, 0.717) is 5.56 Å². The zero-order chi connectivity index (χ0) is 14.8. The highest BCUT2D eigenvalue weighted by Gasteiger charge is 2.17. The van der Waals surface area contributed by atoms with Crippen LogP contribution in [0.3, 0.4) is 0 Å². The number of hydrogen-bond donors (Lipinski definition) is 2. The fourth-order valence-corrected chi connectivity index (χ4v) is 3.05. The van der Waals surface area contributed by atoms with Gasteiger partial charge in [0, 0.05) is 16.4 Å². The van der Waals surface area contributed by atoms with Crippen LogP contribution in [0, 0.1) is 0 Å². The number of halogens is 1. The second kappa shape index (κ2) is 5.85. The van der Waals surface area contributed by atoms with Crippen molar-refractivity contribution in [3.8, 4) is 0 Å². The minimum absolute atomic E-state index is 0.222. The van der Waals surface area contributed by atoms with Crippen LogP contribution in [-0.4, -0.2) is 10.9 Å². The van der Waals surface area contributed by atoms with Crippen LogP contribution in [0.1, 0.15) is 34.3 Å². The summed E-state index contributed by atoms with van der Waals surface area (Å²) in [5, 5.41) is 2.97. The van der Waals surface area contributed by atoms with E-state index in [2.05, 4.69) is 32.3 Å². The number of benzene rings is 1. The topological polar surface area (TPSA) is 68.0 Å². The van der Waals surface area contributed by atoms with Gasteiger partial charge in [0.05, 0.1) is 5.56 Å². The number of hydrogen-bond acceptors (Lipinski definition) is 3. The summed E-state index contributed by atoms with van der Waals surface area (Å²) in [6, 6.07) is 7.76. The molecule has 108 valence electrons. The molecule has 0 atom stereocenters. The Morgan fingerprint density at radius 2 is 2.10 bits per heavy atom. The van der Waals surface area contributed by atoms with E-state index in [0.717, 1.165) is 23.0 Å². The van der Waals surface area contributed by atoms with E-state index in [-0.39, 0.29) is 11.7 Å². The van der Waals surface area contributed by atoms with Gasteiger partial charge < -0.3 is 11.1 Å². The summed E-state index contributed by atoms with van der Waals surface area (Å²) in [6.07, 6.45) is 6.06. The molecular weight excluding hydrogens is 330 g/mol. The maximum Gasteiger partial charge on any atom is 0.259 e. The van der Waals surface area contributed by atoms with Gasteiger partial charge in [0.1, 0.15) is 5.82 Å². The number of anilines is 2. The van der Waals surface area contributed by atoms with Gasteiger partial charge in [0.2, 0.25) is 0 Å². The number of rotatable bonds is 2. The lowest BCUT2D eigenvalue weighted by Crippen LogP contribution is -2.17. The number of aryl methyl sites for hydroxylation is 1. The van der Waals surface area contributed by atoms with E-state index < -0.39 is 0 Å². The Morgan fingerprint density at radius 1 is 1.29 bits per heavy atom. The van der Waals surface area contributed by atoms with E-state index in [4.69, 9.17) is 5.73 Å². The second-order valence-corrected chi connectivity index (χ2v) is 6.11. The van der Waals surface area contributed by atoms with Crippen LogP contribution in [0.2, 0.25) is 0 Å². The average Bonchev–Trinajstić information content (AvgIpc) is 2.50. The maximum absolute atomic E-state index is 12.4. The van der Waals surface area contributed by atoms with Crippen LogP contribution in [0.5, 0.6) is 0 Å². The highest BCUT2D eigenvalue weighted by Crippen LogP contribution is 2.28. The normalized spacial score (nSPS) is 13.6. The van der Waals surface area contributed by atoms with Gasteiger partial charge in [-0.1, -0.05) is 12.1 Å². The predicted molar refractivity (Wildman–Crippen MR) is 87.4 cm³/mol. The Bertz CT molecular complexity index is 700. The molecule has 1 aromatic heterocycles. The molecule has 2 aromatic rings. The SMILES string of the molecule is Nc1ncc(Br)cc1C(=O)Nc1cccc2c1CCCC2. The van der Waals surface area contributed by atoms with E-state index in [9.17, 15) is 4.79 Å². The van der Waals surface area contributed by atoms with Crippen molar-refractivity contribution in [2.45, 2.75) is 25.7 Å². The molecule has 3 N–H and O–H groups in total. The van der Waals surface area contributed by atoms with Crippen molar-refractivity contribution in [3.63, 3.8) is 0 Å². The molecule has 0 aliphatic heterocycles. The average molecular weight is 346 g/mol. The Labute approximate surface area is 131 Å². The Hall–Kier alpha value is -1.88. The molecule has 0 bridgehead atoms. The smallest absolute Gasteiger partial charge is 0.259 e. The summed E-state index contributed by atoms with van der Waals surface area (Å²) >= 11 is 3.31. The van der Waals surface area contributed by atoms with Gasteiger partial charge in [0.25, 0.3) is 5.91 Å². The number of nitrogens with zero attached hydrogens (tertiary/aromatic N) is 1. The van der Waals surface area contributed by atoms with Crippen LogP contribution >= 0.6 is 15.9 Å². The molecular formula is C16H16BrN3O. The van der Waals surface area contributed by atoms with Gasteiger partial charge in [0.15, 0.2) is 0 Å². The minimum Gasteiger partial charge on any atom is -0.383 e. The van der Waals surface area contributed by atoms with E-state index >= 15 is 0 Å². The Kier molecular flexibility index (Phi) is 3.92. The van der Waals surface area contributed by atoms with Crippen molar-refractivity contribution in [1.82, 2.24) is 4.98 Å². The largest absolute Gasteiger partial charge is 0.383 e. The fraction of sp³-hybridized carbons (Fsp3) is 0.250. The van der Waals surface area contributed by atoms with Gasteiger partial charge in [-0.15, -0.1) is 0 Å². The third-order valence-corrected chi connectivity index (χ3v) is 4.21. The van der Waals surface area contributed by atoms with E-state index in [1.54, 1.807) is 12.3 Å². The lowest BCUT2D eigenvalue weighted by Gasteiger charge is -2.19. The molecule has 21 heavy (non-hydrogen) atoms. The number of pyridine rings is 1. The van der Waals surface area contributed by atoms with Crippen molar-refractivity contribution in [2.75, 3.05) is 11.1 Å². The van der Waals surface area contributed by atoms with Crippen molar-refractivity contribution in [2.24, 2.45) is 0 Å². The van der Waals surface area contributed by atoms with Crippen molar-refractivity contribution >= 4 is 33.3 Å². The van der Waals surface area contributed by atoms with Gasteiger partial charge in [-0.25, -0.2) is 4.98 Å². The summed E-state index contributed by atoms with van der Waals surface area (Å²) < 4.78 is 0.733. The summed E-state index contributed by atoms with van der Waals surface area (Å²) in [6.45, 7) is 0. The predicted octanol–water partition coefficient (Wildman–Crippen LogP) is 3.56. The first-order chi connectivity index (χ1) is 10.1. The Morgan fingerprint density at radius 3 is 2.95 bits per heavy atom. The fourth-order valence-electron chi connectivity index (χ4n) is 2.72. The molecule has 5 heteroatoms. The number of carbonyl (C=O) groups is 1. The zero-order valence-corrected chi connectivity index (χ0v) is 13.1. The lowest BCUT2D eigenvalue weighted by atomic mass is 9.90. The van der Waals surface area contributed by atoms with Crippen LogP contribution in [-0.2, 0) is 12.8 Å². The summed E-state index contributed by atoms with van der Waals surface area (Å²) in [5.41, 5.74) is 9.64. The highest BCUT2D eigenvalue weighted by molar-refractivity contribution is 9.10. The quantitative estimate of drug-likeness (QED) is 0.874. The van der Waals surface area contributed by atoms with E-state index in [1.165, 1.54) is 24.0 Å². The summed E-state index contributed by atoms with van der Waals surface area (Å²) in [4.78, 5) is 16.4. The minimum atomic E-state index is -0.222. The molecule has 0 unspecified atom stereocenters. The van der Waals surface area contributed by atoms with Crippen LogP contribution in [0.4, 0.5) is 11.5 Å². The van der Waals surface area contributed by atoms with Crippen LogP contribution < -0.4 is 11.1 Å². The molecule has 0 spiro atoms. The molecule has 1 aliphatic rings. The molecule has 1 aliphatic carbocycles. The van der Waals surface area contributed by atoms with Crippen LogP contribution in [0.25, 0.3) is 0 Å². The zero-order valence-electron chi connectivity index (χ0n) is 11.5. The lowest BCUT2D eigenvalue weighted by molar-refractivity contribution is 0.102. The number of nitrogens with two attached hydrogens (primary N) is 1. The molecule has 1 aromatic carbocycles. The van der Waals surface area contributed by atoms with Crippen molar-refractivity contribution in [1.29, 1.82) is 0 Å². The molecule has 1 amide bonds. The van der Waals surface area contributed by atoms with Gasteiger partial charge in [-0.05, 0) is 64.9 Å². The summed E-state index contributed by atoms with van der Waals surface area (Å²) in [5.74, 6) is 0.0146. The number of nitrogen functional groups attached to an aromatic ring is 1. The van der Waals surface area contributed by atoms with Crippen molar-refractivity contribution in [3.05, 3.63) is 51.6 Å². The van der Waals surface area contributed by atoms with Gasteiger partial charge in [-0.3, -0.25) is 4.79 Å². The summed E-state index contributed by atoms with van der Waals surface area (Å²) in [7, 11) is 0. The first kappa shape index (κ1) is 14.1. The molecule has 1 heterocycles. The molecule has 0 radical (unpaired) electrons. The molecule has 4 nitrogen and oxygen atoms in total. The van der Waals surface area contributed by atoms with Crippen LogP contribution in [0.15, 0.2) is 34.9 Å². The second-order valence-electron chi connectivity index (χ2n) is 5.19. The van der Waals surface area contributed by atoms with Gasteiger partial charge >= 0.3 is 0 Å². The first-order valence-electron chi connectivity index (χ1n) is 6.98. The number of nitrogens with one attached hydrogen (secondary N) is 1. The number of amides is 1. The maximum atomic E-state index is 12.4. The molecule has 0 saturated heterocycles. The standard InChI is InChI=1S/C16H16BrN3O/c17-11-8-13(15(18)19-9-11)16(21)20-14-7-3-5-10-4-1-2-6-12(10)14/h3,5,7-9H,1-2,4,6H2,(H2,18,19)(H,20,21). The monoisotopic (exact) mass is 345 g/mol. The number of aromatic nitrogens is 1. The molecule has 0 saturated carbocycles. The molecule has 0 fully saturated rings. The number of fused-ring (bicyclic) bond motifs is 1. The first-order valence-corrected chi connectivity index (χ1v) is 7.77. The highest BCUT2D eigenvalue weighted by atomic mass is 79.9. The number of carbonyl (C=O) groups excluding carboxylic acids is 1. The molecule has 3 rings (SSSR count). The van der Waals surface area contributed by atoms with Gasteiger partial charge in [-0.2, -0.15) is 0 Å². The Balaban J connectivity index is 1.90. The van der Waals surface area contributed by atoms with E-state index in [1.807, 2.05) is 12.1 Å². The van der Waals surface area contributed by atoms with Crippen molar-refractivity contribution < 1.29 is 4.79 Å². The third-order valence-electron chi connectivity index (χ3n) is 3.77. The third kappa shape index (κ3) is 2.93.